The molecule has 1 amide bonds. The molecule has 2 aromatic rings. The van der Waals surface area contributed by atoms with Crippen LogP contribution in [0.15, 0.2) is 54.7 Å². The van der Waals surface area contributed by atoms with Crippen LogP contribution >= 0.6 is 0 Å². The van der Waals surface area contributed by atoms with Crippen LogP contribution in [0.1, 0.15) is 41.7 Å². The molecule has 0 spiro atoms. The molecule has 0 bridgehead atoms. The number of rotatable bonds is 8. The Kier molecular flexibility index (Phi) is 5.74. The summed E-state index contributed by atoms with van der Waals surface area (Å²) in [6.07, 6.45) is 4.22. The highest BCUT2D eigenvalue weighted by Gasteiger charge is 2.50. The highest BCUT2D eigenvalue weighted by Crippen LogP contribution is 2.44. The summed E-state index contributed by atoms with van der Waals surface area (Å²) in [4.78, 5) is 21.6. The summed E-state index contributed by atoms with van der Waals surface area (Å²) < 4.78 is 0. The second-order valence-corrected chi connectivity index (χ2v) is 7.95. The molecule has 5 nitrogen and oxygen atoms in total. The van der Waals surface area contributed by atoms with Crippen molar-refractivity contribution in [2.75, 3.05) is 26.2 Å². The van der Waals surface area contributed by atoms with E-state index in [1.54, 1.807) is 12.3 Å². The molecule has 1 saturated carbocycles. The number of nitrogens with zero attached hydrogens (tertiary/aromatic N) is 3. The maximum Gasteiger partial charge on any atom is 0.272 e. The van der Waals surface area contributed by atoms with Crippen molar-refractivity contribution in [3.8, 4) is 0 Å². The third kappa shape index (κ3) is 3.82. The van der Waals surface area contributed by atoms with Gasteiger partial charge >= 0.3 is 0 Å². The average Bonchev–Trinajstić information content (AvgIpc) is 3.56. The van der Waals surface area contributed by atoms with Crippen LogP contribution < -0.4 is 0 Å². The number of carbonyl (C=O) groups excluding carboxylic acids is 1. The molecule has 2 fully saturated rings. The number of pyridine rings is 1. The lowest BCUT2D eigenvalue weighted by atomic mass is 9.74. The van der Waals surface area contributed by atoms with Crippen LogP contribution in [-0.2, 0) is 0 Å². The second kappa shape index (κ2) is 8.41. The monoisotopic (exact) mass is 379 g/mol. The van der Waals surface area contributed by atoms with Crippen molar-refractivity contribution >= 4 is 5.91 Å². The van der Waals surface area contributed by atoms with Crippen LogP contribution in [0.3, 0.4) is 0 Å². The average molecular weight is 380 g/mol. The van der Waals surface area contributed by atoms with Gasteiger partial charge in [-0.1, -0.05) is 36.4 Å². The number of likely N-dealkylation sites (tertiary alicyclic amines) is 1. The largest absolute Gasteiger partial charge is 0.395 e. The zero-order valence-corrected chi connectivity index (χ0v) is 16.4. The molecule has 1 aromatic carbocycles. The van der Waals surface area contributed by atoms with Crippen molar-refractivity contribution in [1.82, 2.24) is 14.8 Å². The Labute approximate surface area is 167 Å². The summed E-state index contributed by atoms with van der Waals surface area (Å²) in [5, 5.41) is 10.1. The molecule has 2 heterocycles. The summed E-state index contributed by atoms with van der Waals surface area (Å²) in [6.45, 7) is 4.51. The van der Waals surface area contributed by atoms with E-state index in [-0.39, 0.29) is 30.5 Å². The highest BCUT2D eigenvalue weighted by atomic mass is 16.3. The first-order valence-corrected chi connectivity index (χ1v) is 10.3. The number of aromatic nitrogens is 1. The minimum Gasteiger partial charge on any atom is -0.395 e. The van der Waals surface area contributed by atoms with E-state index in [0.29, 0.717) is 18.8 Å². The Morgan fingerprint density at radius 2 is 1.89 bits per heavy atom. The van der Waals surface area contributed by atoms with Gasteiger partial charge in [0.05, 0.1) is 6.61 Å². The Bertz CT molecular complexity index is 779. The molecular weight excluding hydrogens is 350 g/mol. The van der Waals surface area contributed by atoms with Crippen LogP contribution in [0.25, 0.3) is 0 Å². The Morgan fingerprint density at radius 3 is 2.50 bits per heavy atom. The molecule has 0 unspecified atom stereocenters. The van der Waals surface area contributed by atoms with E-state index in [1.165, 1.54) is 18.4 Å². The number of hydrogen-bond acceptors (Lipinski definition) is 4. The van der Waals surface area contributed by atoms with E-state index in [0.717, 1.165) is 12.5 Å². The maximum atomic E-state index is 13.0. The first-order chi connectivity index (χ1) is 13.7. The molecule has 1 aliphatic heterocycles. The maximum absolute atomic E-state index is 13.0. The molecule has 5 heteroatoms. The van der Waals surface area contributed by atoms with Gasteiger partial charge in [-0.3, -0.25) is 14.7 Å². The van der Waals surface area contributed by atoms with Crippen molar-refractivity contribution < 1.29 is 9.90 Å². The standard InChI is InChI=1S/C23H29N3O2/c1-2-25(23(28)19-10-6-7-13-24-19)15-20-22(18-8-4-3-5-9-18)21(16-27)26(20)14-17-11-12-17/h3-10,13,17,20-22,27H,2,11-12,14-16H2,1H3/t20-,21-,22-/m0/s1. The van der Waals surface area contributed by atoms with Gasteiger partial charge in [0.1, 0.15) is 5.69 Å². The zero-order valence-electron chi connectivity index (χ0n) is 16.4. The minimum atomic E-state index is -0.0197. The van der Waals surface area contributed by atoms with E-state index in [4.69, 9.17) is 0 Å². The number of amides is 1. The summed E-state index contributed by atoms with van der Waals surface area (Å²) in [6, 6.07) is 16.2. The Morgan fingerprint density at radius 1 is 1.14 bits per heavy atom. The van der Waals surface area contributed by atoms with Crippen molar-refractivity contribution in [1.29, 1.82) is 0 Å². The third-order valence-corrected chi connectivity index (χ3v) is 6.18. The van der Waals surface area contributed by atoms with Crippen LogP contribution in [0.4, 0.5) is 0 Å². The lowest BCUT2D eigenvalue weighted by molar-refractivity contribution is -0.0561. The molecule has 3 atom stereocenters. The second-order valence-electron chi connectivity index (χ2n) is 7.95. The quantitative estimate of drug-likeness (QED) is 0.766. The van der Waals surface area contributed by atoms with Crippen LogP contribution in [-0.4, -0.2) is 64.1 Å². The van der Waals surface area contributed by atoms with Crippen molar-refractivity contribution in [3.05, 3.63) is 66.0 Å². The molecule has 28 heavy (non-hydrogen) atoms. The normalized spacial score (nSPS) is 24.6. The third-order valence-electron chi connectivity index (χ3n) is 6.18. The predicted molar refractivity (Wildman–Crippen MR) is 109 cm³/mol. The summed E-state index contributed by atoms with van der Waals surface area (Å²) >= 11 is 0. The van der Waals surface area contributed by atoms with Gasteiger partial charge in [0.2, 0.25) is 0 Å². The van der Waals surface area contributed by atoms with Gasteiger partial charge in [0.25, 0.3) is 5.91 Å². The number of aliphatic hydroxyl groups excluding tert-OH is 1. The fourth-order valence-corrected chi connectivity index (χ4v) is 4.47. The number of carbonyl (C=O) groups is 1. The summed E-state index contributed by atoms with van der Waals surface area (Å²) in [5.74, 6) is 0.971. The number of aliphatic hydroxyl groups is 1. The van der Waals surface area contributed by atoms with Gasteiger partial charge in [-0.2, -0.15) is 0 Å². The van der Waals surface area contributed by atoms with Crippen molar-refractivity contribution in [2.45, 2.75) is 37.8 Å². The van der Waals surface area contributed by atoms with E-state index < -0.39 is 0 Å². The summed E-state index contributed by atoms with van der Waals surface area (Å²) in [5.41, 5.74) is 1.74. The van der Waals surface area contributed by atoms with Crippen LogP contribution in [0.5, 0.6) is 0 Å². The fourth-order valence-electron chi connectivity index (χ4n) is 4.47. The number of hydrogen-bond donors (Lipinski definition) is 1. The predicted octanol–water partition coefficient (Wildman–Crippen LogP) is 2.78. The Balaban J connectivity index is 1.56. The minimum absolute atomic E-state index is 0.0197. The fraction of sp³-hybridized carbons (Fsp3) is 0.478. The Hall–Kier alpha value is -2.24. The molecule has 1 saturated heterocycles. The molecule has 4 rings (SSSR count). The topological polar surface area (TPSA) is 56.7 Å². The van der Waals surface area contributed by atoms with E-state index in [1.807, 2.05) is 30.0 Å². The van der Waals surface area contributed by atoms with Gasteiger partial charge < -0.3 is 10.0 Å². The van der Waals surface area contributed by atoms with Gasteiger partial charge in [-0.15, -0.1) is 0 Å². The molecule has 2 aliphatic rings. The number of benzene rings is 1. The van der Waals surface area contributed by atoms with Gasteiger partial charge in [0, 0.05) is 43.8 Å². The highest BCUT2D eigenvalue weighted by molar-refractivity contribution is 5.92. The van der Waals surface area contributed by atoms with Gasteiger partial charge in [-0.25, -0.2) is 0 Å². The lowest BCUT2D eigenvalue weighted by Gasteiger charge is -2.56. The summed E-state index contributed by atoms with van der Waals surface area (Å²) in [7, 11) is 0. The first kappa shape index (κ1) is 19.1. The SMILES string of the molecule is CCN(C[C@H]1[C@H](c2ccccc2)[C@H](CO)N1CC1CC1)C(=O)c1ccccn1. The van der Waals surface area contributed by atoms with Crippen molar-refractivity contribution in [3.63, 3.8) is 0 Å². The molecule has 1 aromatic heterocycles. The van der Waals surface area contributed by atoms with Gasteiger partial charge in [-0.05, 0) is 43.4 Å². The van der Waals surface area contributed by atoms with Crippen LogP contribution in [0.2, 0.25) is 0 Å². The van der Waals surface area contributed by atoms with E-state index >= 15 is 0 Å². The molecule has 0 radical (unpaired) electrons. The van der Waals surface area contributed by atoms with E-state index in [2.05, 4.69) is 34.1 Å². The molecular formula is C23H29N3O2. The first-order valence-electron chi connectivity index (χ1n) is 10.3. The van der Waals surface area contributed by atoms with Gasteiger partial charge in [0.15, 0.2) is 0 Å². The molecule has 1 aliphatic carbocycles. The lowest BCUT2D eigenvalue weighted by Crippen LogP contribution is -2.67. The smallest absolute Gasteiger partial charge is 0.272 e. The molecule has 148 valence electrons. The van der Waals surface area contributed by atoms with Crippen LogP contribution in [0, 0.1) is 5.92 Å². The van der Waals surface area contributed by atoms with Crippen molar-refractivity contribution in [2.24, 2.45) is 5.92 Å². The molecule has 1 N–H and O–H groups in total. The number of likely N-dealkylation sites (N-methyl/N-ethyl adjacent to an activating group) is 1. The van der Waals surface area contributed by atoms with E-state index in [9.17, 15) is 9.90 Å². The zero-order chi connectivity index (χ0) is 19.5.